The minimum Gasteiger partial charge on any atom is -0.490 e. The number of nitrogens with zero attached hydrogens (tertiary/aromatic N) is 1. The molecule has 2 aromatic rings. The van der Waals surface area contributed by atoms with Crippen LogP contribution in [0.5, 0.6) is 5.75 Å². The number of hydrogen-bond acceptors (Lipinski definition) is 4. The number of hydrogen-bond donors (Lipinski definition) is 1. The van der Waals surface area contributed by atoms with Gasteiger partial charge in [0.15, 0.2) is 5.75 Å². The number of ether oxygens (including phenoxy) is 1. The van der Waals surface area contributed by atoms with E-state index in [4.69, 9.17) is 16.3 Å². The molecule has 8 heteroatoms. The van der Waals surface area contributed by atoms with Gasteiger partial charge in [0.05, 0.1) is 17.7 Å². The van der Waals surface area contributed by atoms with E-state index < -0.39 is 16.6 Å². The maximum atomic E-state index is 13.6. The van der Waals surface area contributed by atoms with Crippen LogP contribution in [0.2, 0.25) is 5.02 Å². The number of methoxy groups -OCH3 is 1. The third-order valence-corrected chi connectivity index (χ3v) is 3.05. The van der Waals surface area contributed by atoms with E-state index in [2.05, 4.69) is 5.32 Å². The Hall–Kier alpha value is -2.67. The number of halogens is 2. The maximum absolute atomic E-state index is 13.6. The number of nitrogens with one attached hydrogen (secondary N) is 1. The minimum atomic E-state index is -0.702. The first kappa shape index (κ1) is 15.7. The van der Waals surface area contributed by atoms with Gasteiger partial charge in [-0.1, -0.05) is 11.6 Å². The highest BCUT2D eigenvalue weighted by Crippen LogP contribution is 2.28. The lowest BCUT2D eigenvalue weighted by Gasteiger charge is -2.08. The fourth-order valence-corrected chi connectivity index (χ4v) is 1.93. The molecule has 0 aromatic heterocycles. The second-order valence-corrected chi connectivity index (χ2v) is 4.66. The molecule has 2 aromatic carbocycles. The van der Waals surface area contributed by atoms with Crippen molar-refractivity contribution in [2.24, 2.45) is 0 Å². The summed E-state index contributed by atoms with van der Waals surface area (Å²) in [6, 6.07) is 7.37. The molecule has 0 spiro atoms. The molecule has 1 N–H and O–H groups in total. The number of amides is 1. The Morgan fingerprint density at radius 2 is 2.05 bits per heavy atom. The summed E-state index contributed by atoms with van der Waals surface area (Å²) in [4.78, 5) is 22.3. The van der Waals surface area contributed by atoms with E-state index in [0.717, 1.165) is 12.1 Å². The van der Waals surface area contributed by atoms with Crippen LogP contribution >= 0.6 is 11.6 Å². The molecule has 6 nitrogen and oxygen atoms in total. The molecule has 0 atom stereocenters. The van der Waals surface area contributed by atoms with Crippen LogP contribution in [0.3, 0.4) is 0 Å². The van der Waals surface area contributed by atoms with E-state index >= 15 is 0 Å². The lowest BCUT2D eigenvalue weighted by Crippen LogP contribution is -2.13. The van der Waals surface area contributed by atoms with Crippen molar-refractivity contribution >= 4 is 28.9 Å². The summed E-state index contributed by atoms with van der Waals surface area (Å²) in [5, 5.41) is 13.5. The van der Waals surface area contributed by atoms with E-state index in [1.807, 2.05) is 0 Å². The first-order valence-electron chi connectivity index (χ1n) is 6.01. The smallest absolute Gasteiger partial charge is 0.311 e. The molecule has 1 amide bonds. The Morgan fingerprint density at radius 3 is 2.68 bits per heavy atom. The predicted molar refractivity (Wildman–Crippen MR) is 79.0 cm³/mol. The van der Waals surface area contributed by atoms with Gasteiger partial charge in [-0.3, -0.25) is 14.9 Å². The van der Waals surface area contributed by atoms with Crippen molar-refractivity contribution in [2.75, 3.05) is 12.4 Å². The van der Waals surface area contributed by atoms with Crippen LogP contribution in [-0.4, -0.2) is 17.9 Å². The number of nitro groups is 1. The largest absolute Gasteiger partial charge is 0.490 e. The van der Waals surface area contributed by atoms with Gasteiger partial charge in [0.25, 0.3) is 5.91 Å². The van der Waals surface area contributed by atoms with Crippen LogP contribution in [0.1, 0.15) is 10.4 Å². The third-order valence-electron chi connectivity index (χ3n) is 2.81. The minimum absolute atomic E-state index is 0.00752. The molecule has 0 saturated carbocycles. The van der Waals surface area contributed by atoms with Crippen molar-refractivity contribution < 1.29 is 18.8 Å². The number of nitro benzene ring substituents is 1. The van der Waals surface area contributed by atoms with Gasteiger partial charge in [-0.25, -0.2) is 4.39 Å². The molecule has 0 saturated heterocycles. The Morgan fingerprint density at radius 1 is 1.32 bits per heavy atom. The summed E-state index contributed by atoms with van der Waals surface area (Å²) in [6.07, 6.45) is 0. The van der Waals surface area contributed by atoms with Crippen LogP contribution in [0.4, 0.5) is 15.8 Å². The molecule has 0 bridgehead atoms. The Labute approximate surface area is 129 Å². The molecule has 0 radical (unpaired) electrons. The molecule has 0 aliphatic heterocycles. The van der Waals surface area contributed by atoms with E-state index in [1.165, 1.54) is 31.4 Å². The van der Waals surface area contributed by atoms with Crippen molar-refractivity contribution in [3.05, 3.63) is 62.9 Å². The summed E-state index contributed by atoms with van der Waals surface area (Å²) in [5.41, 5.74) is -0.482. The molecule has 114 valence electrons. The van der Waals surface area contributed by atoms with Gasteiger partial charge < -0.3 is 10.1 Å². The van der Waals surface area contributed by atoms with Crippen molar-refractivity contribution in [3.8, 4) is 5.75 Å². The fraction of sp³-hybridized carbons (Fsp3) is 0.0714. The summed E-state index contributed by atoms with van der Waals surface area (Å²) in [5.74, 6) is -1.34. The summed E-state index contributed by atoms with van der Waals surface area (Å²) < 4.78 is 18.4. The monoisotopic (exact) mass is 324 g/mol. The highest BCUT2D eigenvalue weighted by molar-refractivity contribution is 6.31. The summed E-state index contributed by atoms with van der Waals surface area (Å²) >= 11 is 5.73. The molecular weight excluding hydrogens is 315 g/mol. The Bertz CT molecular complexity index is 752. The zero-order chi connectivity index (χ0) is 16.3. The molecule has 2 rings (SSSR count). The molecule has 22 heavy (non-hydrogen) atoms. The lowest BCUT2D eigenvalue weighted by atomic mass is 10.1. The Balaban J connectivity index is 2.32. The van der Waals surface area contributed by atoms with Crippen LogP contribution in [-0.2, 0) is 0 Å². The molecule has 0 aliphatic carbocycles. The van der Waals surface area contributed by atoms with Crippen molar-refractivity contribution in [1.29, 1.82) is 0 Å². The van der Waals surface area contributed by atoms with Crippen molar-refractivity contribution in [1.82, 2.24) is 0 Å². The third kappa shape index (κ3) is 3.32. The van der Waals surface area contributed by atoms with Gasteiger partial charge in [-0.15, -0.1) is 0 Å². The standard InChI is InChI=1S/C14H10ClFN2O4/c1-22-13-5-2-8(6-12(13)18(20)21)14(19)17-11-7-9(15)3-4-10(11)16/h2-7H,1H3,(H,17,19). The molecule has 0 fully saturated rings. The topological polar surface area (TPSA) is 81.5 Å². The van der Waals surface area contributed by atoms with Crippen LogP contribution in [0.25, 0.3) is 0 Å². The normalized spacial score (nSPS) is 10.1. The average Bonchev–Trinajstić information content (AvgIpc) is 2.50. The highest BCUT2D eigenvalue weighted by atomic mass is 35.5. The van der Waals surface area contributed by atoms with Gasteiger partial charge in [0.1, 0.15) is 5.82 Å². The molecule has 0 aliphatic rings. The van der Waals surface area contributed by atoms with E-state index in [-0.39, 0.29) is 27.7 Å². The number of carbonyl (C=O) groups is 1. The summed E-state index contributed by atoms with van der Waals surface area (Å²) in [6.45, 7) is 0. The maximum Gasteiger partial charge on any atom is 0.311 e. The van der Waals surface area contributed by atoms with Crippen LogP contribution < -0.4 is 10.1 Å². The van der Waals surface area contributed by atoms with E-state index in [9.17, 15) is 19.3 Å². The summed E-state index contributed by atoms with van der Waals surface area (Å²) in [7, 11) is 1.28. The van der Waals surface area contributed by atoms with E-state index in [1.54, 1.807) is 0 Å². The lowest BCUT2D eigenvalue weighted by molar-refractivity contribution is -0.385. The number of benzene rings is 2. The molecular formula is C14H10ClFN2O4. The van der Waals surface area contributed by atoms with Crippen LogP contribution in [0.15, 0.2) is 36.4 Å². The van der Waals surface area contributed by atoms with Gasteiger partial charge in [0.2, 0.25) is 0 Å². The zero-order valence-electron chi connectivity index (χ0n) is 11.3. The number of rotatable bonds is 4. The SMILES string of the molecule is COc1ccc(C(=O)Nc2cc(Cl)ccc2F)cc1[N+](=O)[O-]. The zero-order valence-corrected chi connectivity index (χ0v) is 12.1. The first-order chi connectivity index (χ1) is 10.4. The second kappa shape index (κ2) is 6.40. The first-order valence-corrected chi connectivity index (χ1v) is 6.39. The van der Waals surface area contributed by atoms with Crippen molar-refractivity contribution in [3.63, 3.8) is 0 Å². The van der Waals surface area contributed by atoms with E-state index in [0.29, 0.717) is 0 Å². The fourth-order valence-electron chi connectivity index (χ4n) is 1.76. The number of anilines is 1. The molecule has 0 unspecified atom stereocenters. The number of carbonyl (C=O) groups excluding carboxylic acids is 1. The highest BCUT2D eigenvalue weighted by Gasteiger charge is 2.19. The van der Waals surface area contributed by atoms with Crippen molar-refractivity contribution in [2.45, 2.75) is 0 Å². The average molecular weight is 325 g/mol. The Kier molecular flexibility index (Phi) is 4.57. The van der Waals surface area contributed by atoms with Gasteiger partial charge in [-0.05, 0) is 30.3 Å². The second-order valence-electron chi connectivity index (χ2n) is 4.22. The van der Waals surface area contributed by atoms with Gasteiger partial charge in [-0.2, -0.15) is 0 Å². The van der Waals surface area contributed by atoms with Gasteiger partial charge in [0, 0.05) is 16.7 Å². The molecule has 0 heterocycles. The van der Waals surface area contributed by atoms with Gasteiger partial charge >= 0.3 is 5.69 Å². The van der Waals surface area contributed by atoms with Crippen LogP contribution in [0, 0.1) is 15.9 Å². The quantitative estimate of drug-likeness (QED) is 0.687. The predicted octanol–water partition coefficient (Wildman–Crippen LogP) is 3.65.